The first-order chi connectivity index (χ1) is 53.7. The van der Waals surface area contributed by atoms with Gasteiger partial charge in [-0.05, 0) is 180 Å². The molecule has 622 valence electrons. The third-order valence-corrected chi connectivity index (χ3v) is 18.4. The fourth-order valence-electron chi connectivity index (χ4n) is 10.4. The Labute approximate surface area is 666 Å². The number of carbonyl (C=O) groups is 4. The molecule has 110 heavy (non-hydrogen) atoms. The second-order valence-corrected chi connectivity index (χ2v) is 29.8. The minimum atomic E-state index is -5.01. The zero-order valence-corrected chi connectivity index (χ0v) is 69.9. The maximum absolute atomic E-state index is 13.1. The van der Waals surface area contributed by atoms with E-state index >= 15 is 0 Å². The summed E-state index contributed by atoms with van der Waals surface area (Å²) in [5.74, 6) is -2.30. The van der Waals surface area contributed by atoms with Gasteiger partial charge < -0.3 is 33.8 Å². The number of aliphatic hydroxyl groups is 1. The molecule has 0 fully saturated rings. The number of hydrogen-bond acceptors (Lipinski definition) is 15. The van der Waals surface area contributed by atoms with Gasteiger partial charge in [-0.2, -0.15) is 0 Å². The van der Waals surface area contributed by atoms with Gasteiger partial charge in [-0.15, -0.1) is 0 Å². The molecule has 0 aliphatic carbocycles. The lowest BCUT2D eigenvalue weighted by Gasteiger charge is -2.21. The predicted octanol–water partition coefficient (Wildman–Crippen LogP) is 24.9. The highest BCUT2D eigenvalue weighted by atomic mass is 31.2. The summed E-state index contributed by atoms with van der Waals surface area (Å²) in [6.07, 6.45) is 99.7. The van der Waals surface area contributed by atoms with Gasteiger partial charge in [-0.25, -0.2) is 9.13 Å². The molecule has 0 aromatic heterocycles. The Morgan fingerprint density at radius 1 is 0.255 bits per heavy atom. The van der Waals surface area contributed by atoms with Crippen molar-refractivity contribution in [2.75, 3.05) is 39.6 Å². The average molecular weight is 1570 g/mol. The summed E-state index contributed by atoms with van der Waals surface area (Å²) in [7, 11) is -10.0. The van der Waals surface area contributed by atoms with E-state index in [-0.39, 0.29) is 25.7 Å². The maximum Gasteiger partial charge on any atom is 0.472 e. The van der Waals surface area contributed by atoms with Crippen molar-refractivity contribution in [3.05, 3.63) is 194 Å². The maximum atomic E-state index is 13.1. The van der Waals surface area contributed by atoms with E-state index in [1.807, 2.05) is 0 Å². The van der Waals surface area contributed by atoms with E-state index in [0.717, 1.165) is 212 Å². The number of esters is 4. The molecule has 3 N–H and O–H groups in total. The fraction of sp³-hybridized carbons (Fsp3) is 0.604. The van der Waals surface area contributed by atoms with Crippen molar-refractivity contribution in [2.24, 2.45) is 0 Å². The Hall–Kier alpha value is -6.10. The van der Waals surface area contributed by atoms with Crippen molar-refractivity contribution in [1.29, 1.82) is 0 Å². The van der Waals surface area contributed by atoms with Crippen molar-refractivity contribution in [3.63, 3.8) is 0 Å². The lowest BCUT2D eigenvalue weighted by molar-refractivity contribution is -0.161. The number of rotatable bonds is 76. The minimum absolute atomic E-state index is 0.0312. The Morgan fingerprint density at radius 3 is 0.700 bits per heavy atom. The summed E-state index contributed by atoms with van der Waals surface area (Å²) in [6.45, 7) is 4.30. The molecule has 17 nitrogen and oxygen atoms in total. The monoisotopic (exact) mass is 1570 g/mol. The highest BCUT2D eigenvalue weighted by molar-refractivity contribution is 7.47. The Morgan fingerprint density at radius 2 is 0.445 bits per heavy atom. The molecular formula is C91H146O17P2. The van der Waals surface area contributed by atoms with Crippen LogP contribution in [0.4, 0.5) is 0 Å². The van der Waals surface area contributed by atoms with Crippen LogP contribution in [0.5, 0.6) is 0 Å². The quantitative estimate of drug-likeness (QED) is 0.0169. The number of carbonyl (C=O) groups excluding carboxylic acids is 4. The first-order valence-electron chi connectivity index (χ1n) is 41.7. The molecule has 0 saturated carbocycles. The van der Waals surface area contributed by atoms with Crippen LogP contribution in [0.3, 0.4) is 0 Å². The van der Waals surface area contributed by atoms with Gasteiger partial charge in [0.1, 0.15) is 19.3 Å². The number of phosphoric acid groups is 2. The smallest absolute Gasteiger partial charge is 0.462 e. The fourth-order valence-corrected chi connectivity index (χ4v) is 11.9. The van der Waals surface area contributed by atoms with E-state index < -0.39 is 97.5 Å². The molecule has 0 heterocycles. The summed E-state index contributed by atoms with van der Waals surface area (Å²) in [5.41, 5.74) is 0. The Bertz CT molecular complexity index is 2850. The molecule has 5 atom stereocenters. The van der Waals surface area contributed by atoms with Crippen LogP contribution in [0.25, 0.3) is 0 Å². The zero-order chi connectivity index (χ0) is 80.3. The molecule has 0 bridgehead atoms. The van der Waals surface area contributed by atoms with Crippen LogP contribution in [0.2, 0.25) is 0 Å². The van der Waals surface area contributed by atoms with Crippen LogP contribution in [0.1, 0.15) is 297 Å². The van der Waals surface area contributed by atoms with E-state index in [1.54, 1.807) is 0 Å². The molecular weight excluding hydrogens is 1430 g/mol. The van der Waals surface area contributed by atoms with Crippen LogP contribution in [-0.2, 0) is 65.4 Å². The van der Waals surface area contributed by atoms with Crippen LogP contribution < -0.4 is 0 Å². The SMILES string of the molecule is CC/C=C\C/C=C\C/C=C\C/C=C\CCCCCCCCC(=O)OCC(COP(=O)(O)OCC(O)COP(=O)(O)OCC(COC(=O)CCCCCCCC/C=C\C/C=C\C/C=C\C/C=C\CC)OC(=O)CCCCCC/C=C\C/C=C\C/C=C\C/C=C\CC)OC(=O)CCCC/C=C\C/C=C\C/C=C\C/C=C\CC. The molecule has 0 aromatic carbocycles. The molecule has 0 aromatic rings. The zero-order valence-electron chi connectivity index (χ0n) is 68.1. The number of allylic oxidation sites excluding steroid dienone is 32. The number of hydrogen-bond donors (Lipinski definition) is 3. The molecule has 0 aliphatic heterocycles. The minimum Gasteiger partial charge on any atom is -0.462 e. The van der Waals surface area contributed by atoms with Crippen molar-refractivity contribution in [3.8, 4) is 0 Å². The van der Waals surface area contributed by atoms with E-state index in [4.69, 9.17) is 37.0 Å². The van der Waals surface area contributed by atoms with Crippen LogP contribution in [0, 0.1) is 0 Å². The summed E-state index contributed by atoms with van der Waals surface area (Å²) >= 11 is 0. The van der Waals surface area contributed by atoms with Crippen molar-refractivity contribution >= 4 is 39.5 Å². The van der Waals surface area contributed by atoms with E-state index in [9.17, 15) is 43.2 Å². The number of phosphoric ester groups is 2. The molecule has 0 saturated heterocycles. The van der Waals surface area contributed by atoms with Crippen molar-refractivity contribution in [1.82, 2.24) is 0 Å². The highest BCUT2D eigenvalue weighted by Gasteiger charge is 2.30. The number of aliphatic hydroxyl groups excluding tert-OH is 1. The van der Waals surface area contributed by atoms with Gasteiger partial charge in [-0.1, -0.05) is 286 Å². The average Bonchev–Trinajstić information content (AvgIpc) is 0.899. The van der Waals surface area contributed by atoms with Gasteiger partial charge >= 0.3 is 39.5 Å². The summed E-state index contributed by atoms with van der Waals surface area (Å²) in [4.78, 5) is 73.2. The highest BCUT2D eigenvalue weighted by Crippen LogP contribution is 2.45. The third kappa shape index (κ3) is 80.0. The normalized spacial score (nSPS) is 14.8. The largest absolute Gasteiger partial charge is 0.472 e. The molecule has 0 spiro atoms. The number of unbranched alkanes of at least 4 members (excludes halogenated alkanes) is 18. The van der Waals surface area contributed by atoms with Gasteiger partial charge in [0.25, 0.3) is 0 Å². The van der Waals surface area contributed by atoms with Gasteiger partial charge in [0.05, 0.1) is 26.4 Å². The van der Waals surface area contributed by atoms with E-state index in [0.29, 0.717) is 32.1 Å². The Kier molecular flexibility index (Phi) is 76.4. The lowest BCUT2D eigenvalue weighted by atomic mass is 10.1. The standard InChI is InChI=1S/C91H146O17P2/c1-5-9-13-17-21-25-29-33-37-40-42-45-48-51-55-59-63-67-71-75-88(93)101-81-86(107-90(95)77-73-69-65-61-57-53-47-36-32-28-24-20-16-12-8-4)83-105-109(97,98)103-79-85(92)80-104-110(99,100)106-84-87(108-91(96)78-74-70-66-62-58-54-50-44-39-35-31-27-23-19-15-11-7-3)82-102-89(94)76-72-68-64-60-56-52-49-46-43-41-38-34-30-26-22-18-14-10-6-2/h9-16,21-28,33-39,42-43,45-47,50,54,57,61,85-87,92H,5-8,17-20,29-32,40-41,44,48-49,51-53,55-56,58-60,62-84H2,1-4H3,(H,97,98)(H,99,100)/b13-9-,14-10-,15-11-,16-12-,25-21-,26-22-,27-23-,28-24-,37-33-,38-34-,39-35-,45-42-,46-43-,47-36-,54-50-,61-57-. The third-order valence-electron chi connectivity index (χ3n) is 16.5. The second-order valence-electron chi connectivity index (χ2n) is 26.9. The topological polar surface area (TPSA) is 237 Å². The van der Waals surface area contributed by atoms with Crippen LogP contribution in [0.15, 0.2) is 194 Å². The first-order valence-corrected chi connectivity index (χ1v) is 44.7. The molecule has 0 rings (SSSR count). The van der Waals surface area contributed by atoms with Gasteiger partial charge in [-0.3, -0.25) is 37.3 Å². The molecule has 0 radical (unpaired) electrons. The van der Waals surface area contributed by atoms with Gasteiger partial charge in [0.15, 0.2) is 12.2 Å². The summed E-state index contributed by atoms with van der Waals surface area (Å²) in [6, 6.07) is 0. The molecule has 0 amide bonds. The van der Waals surface area contributed by atoms with Crippen LogP contribution >= 0.6 is 15.6 Å². The van der Waals surface area contributed by atoms with Crippen molar-refractivity contribution in [2.45, 2.75) is 316 Å². The molecule has 19 heteroatoms. The molecule has 5 unspecified atom stereocenters. The van der Waals surface area contributed by atoms with E-state index in [1.165, 1.54) is 0 Å². The summed E-state index contributed by atoms with van der Waals surface area (Å²) < 4.78 is 68.7. The predicted molar refractivity (Wildman–Crippen MR) is 454 cm³/mol. The van der Waals surface area contributed by atoms with Gasteiger partial charge in [0.2, 0.25) is 0 Å². The van der Waals surface area contributed by atoms with Gasteiger partial charge in [0, 0.05) is 25.7 Å². The van der Waals surface area contributed by atoms with Crippen LogP contribution in [-0.4, -0.2) is 96.7 Å². The lowest BCUT2D eigenvalue weighted by Crippen LogP contribution is -2.30. The van der Waals surface area contributed by atoms with E-state index in [2.05, 4.69) is 222 Å². The molecule has 0 aliphatic rings. The Balaban J connectivity index is 5.47. The number of ether oxygens (including phenoxy) is 4. The first kappa shape index (κ1) is 104. The summed E-state index contributed by atoms with van der Waals surface area (Å²) in [5, 5.41) is 10.7. The second kappa shape index (κ2) is 80.9. The van der Waals surface area contributed by atoms with Crippen molar-refractivity contribution < 1.29 is 80.2 Å².